The third kappa shape index (κ3) is 9.94. The summed E-state index contributed by atoms with van der Waals surface area (Å²) in [5.41, 5.74) is 0. The highest BCUT2D eigenvalue weighted by Crippen LogP contribution is 2.43. The van der Waals surface area contributed by atoms with E-state index in [0.29, 0.717) is 30.6 Å². The van der Waals surface area contributed by atoms with Gasteiger partial charge in [0.25, 0.3) is 0 Å². The highest BCUT2D eigenvalue weighted by atomic mass is 19.4. The van der Waals surface area contributed by atoms with Crippen molar-refractivity contribution in [1.82, 2.24) is 0 Å². The fourth-order valence-electron chi connectivity index (χ4n) is 4.47. The molecule has 1 aliphatic rings. The third-order valence-electron chi connectivity index (χ3n) is 6.22. The number of ether oxygens (including phenoxy) is 1. The molecule has 0 saturated heterocycles. The van der Waals surface area contributed by atoms with Crippen molar-refractivity contribution in [2.24, 2.45) is 23.7 Å². The summed E-state index contributed by atoms with van der Waals surface area (Å²) in [6.45, 7) is 6.11. The van der Waals surface area contributed by atoms with E-state index in [4.69, 9.17) is 0 Å². The third-order valence-corrected chi connectivity index (χ3v) is 6.22. The molecule has 0 aromatic rings. The molecule has 5 heteroatoms. The van der Waals surface area contributed by atoms with Crippen molar-refractivity contribution < 1.29 is 22.7 Å². The lowest BCUT2D eigenvalue weighted by Gasteiger charge is -2.41. The Balaban J connectivity index is 2.31. The minimum Gasteiger partial charge on any atom is -0.300 e. The number of hydrogen-bond donors (Lipinski definition) is 0. The van der Waals surface area contributed by atoms with Crippen LogP contribution in [0.2, 0.25) is 0 Å². The zero-order valence-electron chi connectivity index (χ0n) is 16.7. The fourth-order valence-corrected chi connectivity index (χ4v) is 4.47. The van der Waals surface area contributed by atoms with Crippen molar-refractivity contribution >= 4 is 5.78 Å². The van der Waals surface area contributed by atoms with E-state index in [1.807, 2.05) is 0 Å². The van der Waals surface area contributed by atoms with Crippen LogP contribution in [0.3, 0.4) is 0 Å². The van der Waals surface area contributed by atoms with Crippen molar-refractivity contribution in [2.45, 2.75) is 97.8 Å². The van der Waals surface area contributed by atoms with Crippen molar-refractivity contribution in [1.29, 1.82) is 0 Å². The van der Waals surface area contributed by atoms with Crippen LogP contribution in [-0.4, -0.2) is 18.8 Å². The molecule has 1 rings (SSSR count). The predicted molar refractivity (Wildman–Crippen MR) is 98.8 cm³/mol. The lowest BCUT2D eigenvalue weighted by atomic mass is 9.65. The number of carbonyl (C=O) groups excluding carboxylic acids is 1. The summed E-state index contributed by atoms with van der Waals surface area (Å²) in [7, 11) is 0. The number of halogens is 3. The van der Waals surface area contributed by atoms with Gasteiger partial charge in [0.05, 0.1) is 6.61 Å². The first-order valence-electron chi connectivity index (χ1n) is 10.4. The summed E-state index contributed by atoms with van der Waals surface area (Å²) in [6.07, 6.45) is 6.67. The largest absolute Gasteiger partial charge is 0.522 e. The van der Waals surface area contributed by atoms with E-state index in [0.717, 1.165) is 31.6 Å². The van der Waals surface area contributed by atoms with Gasteiger partial charge < -0.3 is 4.79 Å². The van der Waals surface area contributed by atoms with E-state index in [9.17, 15) is 18.0 Å². The Bertz CT molecular complexity index is 395. The van der Waals surface area contributed by atoms with Crippen LogP contribution >= 0.6 is 0 Å². The first-order chi connectivity index (χ1) is 12.2. The molecule has 1 aliphatic carbocycles. The van der Waals surface area contributed by atoms with Gasteiger partial charge in [-0.25, -0.2) is 0 Å². The molecule has 0 aromatic carbocycles. The van der Waals surface area contributed by atoms with Crippen molar-refractivity contribution in [2.75, 3.05) is 6.61 Å². The maximum atomic E-state index is 12.0. The van der Waals surface area contributed by atoms with Gasteiger partial charge in [-0.2, -0.15) is 0 Å². The summed E-state index contributed by atoms with van der Waals surface area (Å²) < 4.78 is 40.0. The Kier molecular flexibility index (Phi) is 10.8. The SMILES string of the molecule is CC(=O)CCCCCCC1C(CCCCOC(F)(F)F)CCC(C)C1C. The molecule has 154 valence electrons. The number of Topliss-reactive ketones (excluding diaryl/α,β-unsaturated/α-hetero) is 1. The second-order valence-corrected chi connectivity index (χ2v) is 8.28. The van der Waals surface area contributed by atoms with Crippen LogP contribution < -0.4 is 0 Å². The molecule has 0 amide bonds. The maximum Gasteiger partial charge on any atom is 0.522 e. The van der Waals surface area contributed by atoms with Gasteiger partial charge in [0.15, 0.2) is 0 Å². The van der Waals surface area contributed by atoms with E-state index >= 15 is 0 Å². The first kappa shape index (κ1) is 23.5. The highest BCUT2D eigenvalue weighted by Gasteiger charge is 2.34. The molecule has 0 heterocycles. The van der Waals surface area contributed by atoms with Crippen LogP contribution in [0.4, 0.5) is 13.2 Å². The zero-order chi connectivity index (χ0) is 19.6. The van der Waals surface area contributed by atoms with Gasteiger partial charge in [-0.1, -0.05) is 52.4 Å². The maximum absolute atomic E-state index is 12.0. The summed E-state index contributed by atoms with van der Waals surface area (Å²) >= 11 is 0. The molecule has 2 nitrogen and oxygen atoms in total. The molecule has 4 atom stereocenters. The molecule has 4 unspecified atom stereocenters. The quantitative estimate of drug-likeness (QED) is 0.344. The molecule has 0 N–H and O–H groups in total. The van der Waals surface area contributed by atoms with E-state index in [-0.39, 0.29) is 12.4 Å². The molecule has 0 spiro atoms. The standard InChI is InChI=1S/C21H37F3O2/c1-16-13-14-19(11-8-9-15-26-21(22,23)24)20(18(16)3)12-7-5-4-6-10-17(2)25/h16,18-20H,4-15H2,1-3H3. The number of alkyl halides is 3. The van der Waals surface area contributed by atoms with Gasteiger partial charge in [-0.05, 0) is 56.3 Å². The Hall–Kier alpha value is -0.580. The lowest BCUT2D eigenvalue weighted by Crippen LogP contribution is -2.32. The van der Waals surface area contributed by atoms with Crippen LogP contribution in [0.15, 0.2) is 0 Å². The molecule has 1 fully saturated rings. The number of ketones is 1. The van der Waals surface area contributed by atoms with Crippen molar-refractivity contribution in [3.8, 4) is 0 Å². The Labute approximate surface area is 157 Å². The van der Waals surface area contributed by atoms with Crippen LogP contribution in [0.5, 0.6) is 0 Å². The summed E-state index contributed by atoms with van der Waals surface area (Å²) in [5.74, 6) is 3.04. The monoisotopic (exact) mass is 378 g/mol. The average Bonchev–Trinajstić information content (AvgIpc) is 2.54. The van der Waals surface area contributed by atoms with Crippen molar-refractivity contribution in [3.63, 3.8) is 0 Å². The predicted octanol–water partition coefficient (Wildman–Crippen LogP) is 6.92. The number of unbranched alkanes of at least 4 members (excludes halogenated alkanes) is 4. The number of carbonyl (C=O) groups is 1. The first-order valence-corrected chi connectivity index (χ1v) is 10.4. The van der Waals surface area contributed by atoms with Crippen LogP contribution in [0, 0.1) is 23.7 Å². The summed E-state index contributed by atoms with van der Waals surface area (Å²) in [6, 6.07) is 0. The molecule has 0 radical (unpaired) electrons. The number of hydrogen-bond acceptors (Lipinski definition) is 2. The molecule has 1 saturated carbocycles. The van der Waals surface area contributed by atoms with E-state index in [1.54, 1.807) is 6.92 Å². The number of rotatable bonds is 12. The minimum atomic E-state index is -4.50. The topological polar surface area (TPSA) is 26.3 Å². The van der Waals surface area contributed by atoms with Gasteiger partial charge >= 0.3 is 6.36 Å². The fraction of sp³-hybridized carbons (Fsp3) is 0.952. The molecule has 0 bridgehead atoms. The van der Waals surface area contributed by atoms with Gasteiger partial charge in [0.2, 0.25) is 0 Å². The van der Waals surface area contributed by atoms with E-state index < -0.39 is 6.36 Å². The lowest BCUT2D eigenvalue weighted by molar-refractivity contribution is -0.324. The summed E-state index contributed by atoms with van der Waals surface area (Å²) in [5, 5.41) is 0. The molecular weight excluding hydrogens is 341 g/mol. The highest BCUT2D eigenvalue weighted by molar-refractivity contribution is 5.75. The Morgan fingerprint density at radius 1 is 0.962 bits per heavy atom. The molecule has 26 heavy (non-hydrogen) atoms. The second-order valence-electron chi connectivity index (χ2n) is 8.28. The smallest absolute Gasteiger partial charge is 0.300 e. The van der Waals surface area contributed by atoms with E-state index in [1.165, 1.54) is 32.1 Å². The minimum absolute atomic E-state index is 0.219. The van der Waals surface area contributed by atoms with Gasteiger partial charge in [-0.15, -0.1) is 13.2 Å². The Morgan fingerprint density at radius 3 is 2.27 bits per heavy atom. The Morgan fingerprint density at radius 2 is 1.62 bits per heavy atom. The van der Waals surface area contributed by atoms with Crippen LogP contribution in [-0.2, 0) is 9.53 Å². The van der Waals surface area contributed by atoms with Crippen molar-refractivity contribution in [3.05, 3.63) is 0 Å². The van der Waals surface area contributed by atoms with Gasteiger partial charge in [0, 0.05) is 6.42 Å². The normalized spacial score (nSPS) is 26.8. The molecule has 0 aromatic heterocycles. The molecule has 0 aliphatic heterocycles. The van der Waals surface area contributed by atoms with Gasteiger partial charge in [-0.3, -0.25) is 4.74 Å². The summed E-state index contributed by atoms with van der Waals surface area (Å²) in [4.78, 5) is 11.0. The van der Waals surface area contributed by atoms with Crippen LogP contribution in [0.25, 0.3) is 0 Å². The van der Waals surface area contributed by atoms with Gasteiger partial charge in [0.1, 0.15) is 5.78 Å². The molecular formula is C21H37F3O2. The van der Waals surface area contributed by atoms with E-state index in [2.05, 4.69) is 18.6 Å². The second kappa shape index (κ2) is 12.0. The van der Waals surface area contributed by atoms with Crippen LogP contribution in [0.1, 0.15) is 91.4 Å². The average molecular weight is 379 g/mol. The zero-order valence-corrected chi connectivity index (χ0v) is 16.7.